The SMILES string of the molecule is CCC12OC1C1CC3(C(=O)OC)c4[nH]c5cc(Cc6ccc(OC)c(OC)c6)ccc5c4CCN(C1=O)C32. The number of rotatable bonds is 6. The minimum atomic E-state index is -0.968. The molecule has 5 heterocycles. The zero-order chi connectivity index (χ0) is 26.4. The summed E-state index contributed by atoms with van der Waals surface area (Å²) in [4.78, 5) is 32.8. The van der Waals surface area contributed by atoms with Crippen LogP contribution in [-0.4, -0.2) is 67.4 Å². The first kappa shape index (κ1) is 23.6. The summed E-state index contributed by atoms with van der Waals surface area (Å²) in [5.41, 5.74) is 3.81. The van der Waals surface area contributed by atoms with Gasteiger partial charge in [-0.05, 0) is 60.6 Å². The molecule has 4 aliphatic heterocycles. The van der Waals surface area contributed by atoms with E-state index in [0.717, 1.165) is 46.1 Å². The molecule has 0 radical (unpaired) electrons. The van der Waals surface area contributed by atoms with E-state index in [-0.39, 0.29) is 29.9 Å². The number of benzene rings is 2. The smallest absolute Gasteiger partial charge is 0.320 e. The Morgan fingerprint density at radius 1 is 1.11 bits per heavy atom. The van der Waals surface area contributed by atoms with E-state index in [4.69, 9.17) is 18.9 Å². The van der Waals surface area contributed by atoms with Crippen LogP contribution in [0.1, 0.15) is 42.1 Å². The van der Waals surface area contributed by atoms with Crippen molar-refractivity contribution in [3.63, 3.8) is 0 Å². The van der Waals surface area contributed by atoms with Crippen molar-refractivity contribution in [2.45, 2.75) is 55.8 Å². The highest BCUT2D eigenvalue weighted by atomic mass is 16.6. The van der Waals surface area contributed by atoms with Gasteiger partial charge in [0.1, 0.15) is 17.1 Å². The molecule has 1 saturated carbocycles. The highest BCUT2D eigenvalue weighted by Gasteiger charge is 2.81. The fourth-order valence-corrected chi connectivity index (χ4v) is 7.86. The van der Waals surface area contributed by atoms with Crippen molar-refractivity contribution >= 4 is 22.8 Å². The number of methoxy groups -OCH3 is 3. The fourth-order valence-electron chi connectivity index (χ4n) is 7.86. The van der Waals surface area contributed by atoms with Gasteiger partial charge in [-0.15, -0.1) is 0 Å². The summed E-state index contributed by atoms with van der Waals surface area (Å²) in [7, 11) is 4.72. The van der Waals surface area contributed by atoms with Gasteiger partial charge in [0.15, 0.2) is 11.5 Å². The summed E-state index contributed by atoms with van der Waals surface area (Å²) < 4.78 is 22.6. The van der Waals surface area contributed by atoms with Crippen LogP contribution in [0.3, 0.4) is 0 Å². The lowest BCUT2D eigenvalue weighted by Gasteiger charge is -2.54. The number of esters is 1. The number of epoxide rings is 1. The predicted octanol–water partition coefficient (Wildman–Crippen LogP) is 3.52. The zero-order valence-electron chi connectivity index (χ0n) is 22.1. The van der Waals surface area contributed by atoms with Crippen LogP contribution < -0.4 is 9.47 Å². The lowest BCUT2D eigenvalue weighted by atomic mass is 9.56. The molecular formula is C30H32N2O6. The first-order valence-electron chi connectivity index (χ1n) is 13.3. The van der Waals surface area contributed by atoms with E-state index < -0.39 is 11.0 Å². The largest absolute Gasteiger partial charge is 0.493 e. The van der Waals surface area contributed by atoms with Crippen molar-refractivity contribution in [1.29, 1.82) is 0 Å². The Kier molecular flexibility index (Phi) is 4.96. The summed E-state index contributed by atoms with van der Waals surface area (Å²) in [6.45, 7) is 2.67. The van der Waals surface area contributed by atoms with Gasteiger partial charge < -0.3 is 28.8 Å². The monoisotopic (exact) mass is 516 g/mol. The average Bonchev–Trinajstić information content (AvgIpc) is 3.63. The van der Waals surface area contributed by atoms with E-state index in [1.54, 1.807) is 14.2 Å². The van der Waals surface area contributed by atoms with Crippen LogP contribution in [0.15, 0.2) is 36.4 Å². The number of ether oxygens (including phenoxy) is 4. The zero-order valence-corrected chi connectivity index (χ0v) is 22.1. The topological polar surface area (TPSA) is 93.4 Å². The van der Waals surface area contributed by atoms with Crippen LogP contribution in [0.5, 0.6) is 11.5 Å². The molecule has 5 unspecified atom stereocenters. The van der Waals surface area contributed by atoms with Crippen molar-refractivity contribution in [2.24, 2.45) is 5.92 Å². The number of aromatic nitrogens is 1. The molecule has 1 aliphatic carbocycles. The molecule has 1 amide bonds. The molecule has 38 heavy (non-hydrogen) atoms. The van der Waals surface area contributed by atoms with Gasteiger partial charge in [0, 0.05) is 23.1 Å². The minimum Gasteiger partial charge on any atom is -0.493 e. The number of H-pyrrole nitrogens is 1. The number of amides is 1. The second-order valence-electron chi connectivity index (χ2n) is 11.0. The summed E-state index contributed by atoms with van der Waals surface area (Å²) >= 11 is 0. The van der Waals surface area contributed by atoms with Crippen LogP contribution in [0, 0.1) is 5.92 Å². The number of nitrogens with zero attached hydrogens (tertiary/aromatic N) is 1. The van der Waals surface area contributed by atoms with Gasteiger partial charge >= 0.3 is 5.97 Å². The number of hydrogen-bond donors (Lipinski definition) is 1. The van der Waals surface area contributed by atoms with Crippen molar-refractivity contribution in [3.8, 4) is 11.5 Å². The lowest BCUT2D eigenvalue weighted by Crippen LogP contribution is -2.73. The van der Waals surface area contributed by atoms with Gasteiger partial charge in [0.05, 0.1) is 33.3 Å². The second-order valence-corrected chi connectivity index (χ2v) is 11.0. The normalized spacial score (nSPS) is 30.5. The summed E-state index contributed by atoms with van der Waals surface area (Å²) in [5.74, 6) is 0.917. The molecule has 4 bridgehead atoms. The fraction of sp³-hybridized carbons (Fsp3) is 0.467. The number of nitrogens with one attached hydrogen (secondary N) is 1. The number of aromatic amines is 1. The Balaban J connectivity index is 1.34. The molecule has 2 aromatic carbocycles. The third-order valence-corrected chi connectivity index (χ3v) is 9.50. The Morgan fingerprint density at radius 3 is 2.61 bits per heavy atom. The molecule has 8 nitrogen and oxygen atoms in total. The van der Waals surface area contributed by atoms with Crippen molar-refractivity contribution in [2.75, 3.05) is 27.9 Å². The lowest BCUT2D eigenvalue weighted by molar-refractivity contribution is -0.168. The Bertz CT molecular complexity index is 1500. The number of carbonyl (C=O) groups is 2. The number of hydrogen-bond acceptors (Lipinski definition) is 6. The van der Waals surface area contributed by atoms with Crippen LogP contribution in [0.2, 0.25) is 0 Å². The van der Waals surface area contributed by atoms with Gasteiger partial charge in [-0.2, -0.15) is 0 Å². The van der Waals surface area contributed by atoms with Crippen molar-refractivity contribution < 1.29 is 28.5 Å². The van der Waals surface area contributed by atoms with Crippen LogP contribution >= 0.6 is 0 Å². The summed E-state index contributed by atoms with van der Waals surface area (Å²) in [6.07, 6.45) is 2.49. The quantitative estimate of drug-likeness (QED) is 0.398. The van der Waals surface area contributed by atoms with Crippen molar-refractivity contribution in [3.05, 3.63) is 58.8 Å². The first-order valence-corrected chi connectivity index (χ1v) is 13.3. The number of piperidine rings is 2. The van der Waals surface area contributed by atoms with Gasteiger partial charge in [-0.3, -0.25) is 9.59 Å². The van der Waals surface area contributed by atoms with Gasteiger partial charge in [-0.1, -0.05) is 25.1 Å². The molecule has 5 aliphatic rings. The van der Waals surface area contributed by atoms with E-state index >= 15 is 0 Å². The Morgan fingerprint density at radius 2 is 1.87 bits per heavy atom. The molecule has 1 N–H and O–H groups in total. The maximum atomic E-state index is 13.8. The summed E-state index contributed by atoms with van der Waals surface area (Å²) in [5, 5.41) is 1.09. The third-order valence-electron chi connectivity index (χ3n) is 9.50. The van der Waals surface area contributed by atoms with E-state index in [2.05, 4.69) is 30.1 Å². The highest BCUT2D eigenvalue weighted by molar-refractivity contribution is 5.96. The Hall–Kier alpha value is -3.52. The van der Waals surface area contributed by atoms with E-state index in [9.17, 15) is 9.59 Å². The molecule has 198 valence electrons. The molecule has 8 heteroatoms. The maximum Gasteiger partial charge on any atom is 0.320 e. The minimum absolute atomic E-state index is 0.0990. The molecule has 8 rings (SSSR count). The van der Waals surface area contributed by atoms with Crippen LogP contribution in [0.4, 0.5) is 0 Å². The van der Waals surface area contributed by atoms with Gasteiger partial charge in [0.2, 0.25) is 5.91 Å². The number of fused-ring (bicyclic) bond motifs is 3. The molecule has 3 saturated heterocycles. The molecule has 3 aromatic rings. The predicted molar refractivity (Wildman–Crippen MR) is 140 cm³/mol. The third kappa shape index (κ3) is 2.84. The van der Waals surface area contributed by atoms with E-state index in [1.807, 2.05) is 23.1 Å². The van der Waals surface area contributed by atoms with E-state index in [1.165, 1.54) is 7.11 Å². The summed E-state index contributed by atoms with van der Waals surface area (Å²) in [6, 6.07) is 12.0. The molecule has 4 fully saturated rings. The standard InChI is InChI=1S/C30H32N2O6/c1-5-30-25(38-30)20-15-29(28(34)37-4)24-19(10-11-32(26(20)33)27(29)30)18-8-6-16(13-21(18)31-24)12-17-7-9-22(35-2)23(14-17)36-3/h6-9,13-14,20,25,27,31H,5,10-12,15H2,1-4H3. The Labute approximate surface area is 221 Å². The van der Waals surface area contributed by atoms with Gasteiger partial charge in [0.25, 0.3) is 0 Å². The van der Waals surface area contributed by atoms with Crippen molar-refractivity contribution in [1.82, 2.24) is 9.88 Å². The second kappa shape index (κ2) is 7.99. The van der Waals surface area contributed by atoms with E-state index in [0.29, 0.717) is 30.9 Å². The number of carbonyl (C=O) groups excluding carboxylic acids is 2. The van der Waals surface area contributed by atoms with Gasteiger partial charge in [-0.25, -0.2) is 0 Å². The molecule has 0 spiro atoms. The highest BCUT2D eigenvalue weighted by Crippen LogP contribution is 2.66. The molecular weight excluding hydrogens is 484 g/mol. The van der Waals surface area contributed by atoms with Crippen LogP contribution in [-0.2, 0) is 37.3 Å². The maximum absolute atomic E-state index is 13.8. The first-order chi connectivity index (χ1) is 18.4. The average molecular weight is 517 g/mol. The van der Waals surface area contributed by atoms with Crippen LogP contribution in [0.25, 0.3) is 10.9 Å². The molecule has 1 aromatic heterocycles. The molecule has 5 atom stereocenters.